The fourth-order valence-electron chi connectivity index (χ4n) is 4.72. The fourth-order valence-corrected chi connectivity index (χ4v) is 4.72. The summed E-state index contributed by atoms with van der Waals surface area (Å²) in [6.07, 6.45) is 4.07. The smallest absolute Gasteiger partial charge is 0.218 e. The van der Waals surface area contributed by atoms with Crippen molar-refractivity contribution in [2.75, 3.05) is 19.6 Å². The SMILES string of the molecule is CC(CN1C[C@@H]2CC(O)(c3cccnc3F)C[C@@H]2C1)c1ccc(O)cn1. The third-order valence-electron chi connectivity index (χ3n) is 5.92. The lowest BCUT2D eigenvalue weighted by molar-refractivity contribution is 0.0270. The standard InChI is InChI=1S/C20H24FN3O2/c1-13(18-5-4-16(25)9-23-18)10-24-11-14-7-20(26,8-15(14)12-24)17-3-2-6-22-19(17)21/h2-6,9,13-15,25-26H,7-8,10-12H2,1H3/t13?,14-,15+,20?. The van der Waals surface area contributed by atoms with Crippen molar-refractivity contribution in [3.8, 4) is 5.75 Å². The molecule has 0 amide bonds. The van der Waals surface area contributed by atoms with Crippen LogP contribution in [0.15, 0.2) is 36.7 Å². The Morgan fingerprint density at radius 1 is 1.23 bits per heavy atom. The van der Waals surface area contributed by atoms with Crippen molar-refractivity contribution in [2.45, 2.75) is 31.3 Å². The van der Waals surface area contributed by atoms with E-state index in [0.29, 0.717) is 30.2 Å². The number of likely N-dealkylation sites (tertiary alicyclic amines) is 1. The molecule has 2 fully saturated rings. The lowest BCUT2D eigenvalue weighted by atomic mass is 9.91. The molecule has 4 rings (SSSR count). The Morgan fingerprint density at radius 2 is 1.96 bits per heavy atom. The third-order valence-corrected chi connectivity index (χ3v) is 5.92. The highest BCUT2D eigenvalue weighted by atomic mass is 19.1. The average Bonchev–Trinajstić information content (AvgIpc) is 3.10. The van der Waals surface area contributed by atoms with Gasteiger partial charge in [0.2, 0.25) is 5.95 Å². The Balaban J connectivity index is 1.39. The quantitative estimate of drug-likeness (QED) is 0.824. The van der Waals surface area contributed by atoms with E-state index in [0.717, 1.165) is 25.3 Å². The maximum absolute atomic E-state index is 14.0. The fraction of sp³-hybridized carbons (Fsp3) is 0.500. The summed E-state index contributed by atoms with van der Waals surface area (Å²) in [7, 11) is 0. The Morgan fingerprint density at radius 3 is 2.58 bits per heavy atom. The topological polar surface area (TPSA) is 69.5 Å². The maximum atomic E-state index is 14.0. The lowest BCUT2D eigenvalue weighted by Crippen LogP contribution is -2.31. The molecule has 138 valence electrons. The minimum absolute atomic E-state index is 0.179. The zero-order chi connectivity index (χ0) is 18.3. The van der Waals surface area contributed by atoms with Gasteiger partial charge in [-0.25, -0.2) is 4.98 Å². The van der Waals surface area contributed by atoms with Crippen LogP contribution in [0.2, 0.25) is 0 Å². The summed E-state index contributed by atoms with van der Waals surface area (Å²) in [6, 6.07) is 6.86. The van der Waals surface area contributed by atoms with Gasteiger partial charge in [-0.1, -0.05) is 13.0 Å². The lowest BCUT2D eigenvalue weighted by Gasteiger charge is -2.27. The molecule has 0 spiro atoms. The predicted molar refractivity (Wildman–Crippen MR) is 95.1 cm³/mol. The van der Waals surface area contributed by atoms with Crippen LogP contribution in [-0.2, 0) is 5.60 Å². The van der Waals surface area contributed by atoms with Crippen LogP contribution < -0.4 is 0 Å². The number of aliphatic hydroxyl groups is 1. The first kappa shape index (κ1) is 17.4. The molecule has 6 heteroatoms. The summed E-state index contributed by atoms with van der Waals surface area (Å²) in [5.41, 5.74) is 0.209. The van der Waals surface area contributed by atoms with Crippen LogP contribution in [0.5, 0.6) is 5.75 Å². The molecule has 0 bridgehead atoms. The number of rotatable bonds is 4. The van der Waals surface area contributed by atoms with Crippen LogP contribution in [0.1, 0.15) is 36.9 Å². The van der Waals surface area contributed by atoms with E-state index in [9.17, 15) is 14.6 Å². The molecule has 1 aliphatic carbocycles. The van der Waals surface area contributed by atoms with E-state index in [4.69, 9.17) is 0 Å². The van der Waals surface area contributed by atoms with Gasteiger partial charge in [-0.15, -0.1) is 0 Å². The largest absolute Gasteiger partial charge is 0.506 e. The van der Waals surface area contributed by atoms with Gasteiger partial charge in [0.15, 0.2) is 0 Å². The van der Waals surface area contributed by atoms with E-state index in [1.54, 1.807) is 18.2 Å². The van der Waals surface area contributed by atoms with Crippen LogP contribution in [0, 0.1) is 17.8 Å². The molecule has 2 aliphatic rings. The number of fused-ring (bicyclic) bond motifs is 1. The second kappa shape index (κ2) is 6.59. The summed E-state index contributed by atoms with van der Waals surface area (Å²) >= 11 is 0. The summed E-state index contributed by atoms with van der Waals surface area (Å²) in [5.74, 6) is 0.640. The highest BCUT2D eigenvalue weighted by Crippen LogP contribution is 2.49. The highest BCUT2D eigenvalue weighted by molar-refractivity contribution is 5.23. The van der Waals surface area contributed by atoms with Crippen molar-refractivity contribution >= 4 is 0 Å². The van der Waals surface area contributed by atoms with Crippen LogP contribution in [0.3, 0.4) is 0 Å². The second-order valence-corrected chi connectivity index (χ2v) is 7.86. The summed E-state index contributed by atoms with van der Waals surface area (Å²) in [5, 5.41) is 20.4. The molecule has 1 aliphatic heterocycles. The van der Waals surface area contributed by atoms with Crippen molar-refractivity contribution in [2.24, 2.45) is 11.8 Å². The first-order chi connectivity index (χ1) is 12.4. The van der Waals surface area contributed by atoms with Gasteiger partial charge in [-0.3, -0.25) is 4.98 Å². The number of hydrogen-bond donors (Lipinski definition) is 2. The molecular formula is C20H24FN3O2. The van der Waals surface area contributed by atoms with E-state index in [2.05, 4.69) is 21.8 Å². The molecule has 5 nitrogen and oxygen atoms in total. The number of halogens is 1. The Bertz CT molecular complexity index is 769. The van der Waals surface area contributed by atoms with Gasteiger partial charge in [0.25, 0.3) is 0 Å². The van der Waals surface area contributed by atoms with Crippen LogP contribution in [-0.4, -0.2) is 44.7 Å². The molecule has 1 saturated heterocycles. The average molecular weight is 357 g/mol. The Labute approximate surface area is 152 Å². The van der Waals surface area contributed by atoms with Gasteiger partial charge < -0.3 is 15.1 Å². The normalized spacial score (nSPS) is 29.7. The molecule has 2 N–H and O–H groups in total. The van der Waals surface area contributed by atoms with Gasteiger partial charge in [-0.05, 0) is 42.9 Å². The predicted octanol–water partition coefficient (Wildman–Crippen LogP) is 2.65. The molecule has 2 aromatic heterocycles. The molecular weight excluding hydrogens is 333 g/mol. The monoisotopic (exact) mass is 357 g/mol. The minimum Gasteiger partial charge on any atom is -0.506 e. The minimum atomic E-state index is -1.09. The molecule has 3 heterocycles. The number of hydrogen-bond acceptors (Lipinski definition) is 5. The first-order valence-corrected chi connectivity index (χ1v) is 9.15. The van der Waals surface area contributed by atoms with E-state index in [1.807, 2.05) is 6.07 Å². The van der Waals surface area contributed by atoms with Gasteiger partial charge in [-0.2, -0.15) is 4.39 Å². The Hall–Kier alpha value is -2.05. The number of pyridine rings is 2. The molecule has 0 radical (unpaired) electrons. The van der Waals surface area contributed by atoms with Gasteiger partial charge in [0.05, 0.1) is 11.8 Å². The van der Waals surface area contributed by atoms with Crippen molar-refractivity contribution in [1.29, 1.82) is 0 Å². The zero-order valence-electron chi connectivity index (χ0n) is 14.8. The first-order valence-electron chi connectivity index (χ1n) is 9.15. The van der Waals surface area contributed by atoms with Crippen molar-refractivity contribution < 1.29 is 14.6 Å². The van der Waals surface area contributed by atoms with E-state index >= 15 is 0 Å². The number of aromatic hydroxyl groups is 1. The van der Waals surface area contributed by atoms with E-state index in [-0.39, 0.29) is 11.7 Å². The summed E-state index contributed by atoms with van der Waals surface area (Å²) < 4.78 is 14.0. The number of aromatic nitrogens is 2. The van der Waals surface area contributed by atoms with E-state index < -0.39 is 11.5 Å². The van der Waals surface area contributed by atoms with Gasteiger partial charge in [0, 0.05) is 43.0 Å². The zero-order valence-corrected chi connectivity index (χ0v) is 14.8. The third kappa shape index (κ3) is 3.19. The molecule has 4 atom stereocenters. The van der Waals surface area contributed by atoms with Crippen molar-refractivity contribution in [1.82, 2.24) is 14.9 Å². The number of nitrogens with zero attached hydrogens (tertiary/aromatic N) is 3. The Kier molecular flexibility index (Phi) is 4.40. The molecule has 0 aromatic carbocycles. The molecule has 1 saturated carbocycles. The van der Waals surface area contributed by atoms with Crippen LogP contribution >= 0.6 is 0 Å². The molecule has 2 unspecified atom stereocenters. The highest BCUT2D eigenvalue weighted by Gasteiger charge is 2.50. The van der Waals surface area contributed by atoms with Gasteiger partial charge >= 0.3 is 0 Å². The van der Waals surface area contributed by atoms with Crippen molar-refractivity contribution in [3.05, 3.63) is 53.9 Å². The van der Waals surface area contributed by atoms with E-state index in [1.165, 1.54) is 12.4 Å². The van der Waals surface area contributed by atoms with Crippen LogP contribution in [0.4, 0.5) is 4.39 Å². The van der Waals surface area contributed by atoms with Crippen molar-refractivity contribution in [3.63, 3.8) is 0 Å². The summed E-state index contributed by atoms with van der Waals surface area (Å²) in [4.78, 5) is 10.4. The molecule has 2 aromatic rings. The summed E-state index contributed by atoms with van der Waals surface area (Å²) in [6.45, 7) is 4.86. The maximum Gasteiger partial charge on any atom is 0.218 e. The molecule has 26 heavy (non-hydrogen) atoms. The second-order valence-electron chi connectivity index (χ2n) is 7.86. The van der Waals surface area contributed by atoms with Crippen LogP contribution in [0.25, 0.3) is 0 Å². The van der Waals surface area contributed by atoms with Gasteiger partial charge in [0.1, 0.15) is 5.75 Å².